The molecule has 1 rings (SSSR count). The zero-order valence-electron chi connectivity index (χ0n) is 8.47. The molecule has 0 radical (unpaired) electrons. The van der Waals surface area contributed by atoms with E-state index in [1.807, 2.05) is 18.2 Å². The Hall–Kier alpha value is -2.03. The van der Waals surface area contributed by atoms with E-state index in [1.54, 1.807) is 12.1 Å². The molecule has 0 aliphatic carbocycles. The van der Waals surface area contributed by atoms with E-state index in [4.69, 9.17) is 4.74 Å². The fourth-order valence-corrected chi connectivity index (χ4v) is 1.08. The van der Waals surface area contributed by atoms with Crippen LogP contribution in [0.5, 0.6) is 0 Å². The van der Waals surface area contributed by atoms with Crippen molar-refractivity contribution >= 4 is 11.5 Å². The molecule has 78 valence electrons. The monoisotopic (exact) mass is 204 g/mol. The number of hydrogen-bond donors (Lipinski definition) is 0. The van der Waals surface area contributed by atoms with Crippen LogP contribution in [0.2, 0.25) is 0 Å². The predicted octanol–water partition coefficient (Wildman–Crippen LogP) is 2.36. The summed E-state index contributed by atoms with van der Waals surface area (Å²) in [7, 11) is 1.33. The highest BCUT2D eigenvalue weighted by Crippen LogP contribution is 2.15. The van der Waals surface area contributed by atoms with E-state index in [-0.39, 0.29) is 0 Å². The molecule has 0 bridgehead atoms. The SMILES string of the molecule is C=COC=C(C(=O)OC)c1ccccc1. The predicted molar refractivity (Wildman–Crippen MR) is 57.7 cm³/mol. The minimum Gasteiger partial charge on any atom is -0.472 e. The lowest BCUT2D eigenvalue weighted by Crippen LogP contribution is -2.04. The lowest BCUT2D eigenvalue weighted by Gasteiger charge is -2.04. The summed E-state index contributed by atoms with van der Waals surface area (Å²) in [4.78, 5) is 11.4. The first-order valence-corrected chi connectivity index (χ1v) is 4.40. The summed E-state index contributed by atoms with van der Waals surface area (Å²) >= 11 is 0. The number of ether oxygens (including phenoxy) is 2. The van der Waals surface area contributed by atoms with Gasteiger partial charge in [0.05, 0.1) is 13.4 Å². The maximum absolute atomic E-state index is 11.4. The number of rotatable bonds is 4. The lowest BCUT2D eigenvalue weighted by atomic mass is 10.1. The Morgan fingerprint density at radius 2 is 2.00 bits per heavy atom. The van der Waals surface area contributed by atoms with Gasteiger partial charge in [0.25, 0.3) is 0 Å². The first kappa shape index (κ1) is 11.0. The topological polar surface area (TPSA) is 35.5 Å². The second-order valence-corrected chi connectivity index (χ2v) is 2.69. The van der Waals surface area contributed by atoms with Gasteiger partial charge in [0, 0.05) is 0 Å². The molecule has 0 aromatic heterocycles. The summed E-state index contributed by atoms with van der Waals surface area (Å²) in [6.45, 7) is 3.39. The Morgan fingerprint density at radius 3 is 2.53 bits per heavy atom. The van der Waals surface area contributed by atoms with E-state index in [2.05, 4.69) is 11.3 Å². The summed E-state index contributed by atoms with van der Waals surface area (Å²) in [5, 5.41) is 0. The quantitative estimate of drug-likeness (QED) is 0.429. The van der Waals surface area contributed by atoms with Crippen molar-refractivity contribution in [3.63, 3.8) is 0 Å². The normalized spacial score (nSPS) is 10.6. The number of methoxy groups -OCH3 is 1. The highest BCUT2D eigenvalue weighted by molar-refractivity contribution is 6.16. The van der Waals surface area contributed by atoms with Gasteiger partial charge in [-0.2, -0.15) is 0 Å². The van der Waals surface area contributed by atoms with Crippen LogP contribution in [0.25, 0.3) is 5.57 Å². The third-order valence-corrected chi connectivity index (χ3v) is 1.77. The smallest absolute Gasteiger partial charge is 0.341 e. The minimum atomic E-state index is -0.442. The summed E-state index contributed by atoms with van der Waals surface area (Å²) in [6.07, 6.45) is 2.56. The van der Waals surface area contributed by atoms with Crippen LogP contribution in [0.3, 0.4) is 0 Å². The first-order chi connectivity index (χ1) is 7.29. The van der Waals surface area contributed by atoms with Crippen molar-refractivity contribution < 1.29 is 14.3 Å². The number of carbonyl (C=O) groups excluding carboxylic acids is 1. The Balaban J connectivity index is 3.01. The molecule has 1 aromatic carbocycles. The molecule has 0 heterocycles. The van der Waals surface area contributed by atoms with Crippen LogP contribution in [-0.4, -0.2) is 13.1 Å². The van der Waals surface area contributed by atoms with Crippen molar-refractivity contribution in [2.24, 2.45) is 0 Å². The molecule has 0 fully saturated rings. The van der Waals surface area contributed by atoms with Crippen molar-refractivity contribution in [3.8, 4) is 0 Å². The summed E-state index contributed by atoms with van der Waals surface area (Å²) < 4.78 is 9.52. The molecule has 1 aromatic rings. The zero-order chi connectivity index (χ0) is 11.1. The zero-order valence-corrected chi connectivity index (χ0v) is 8.47. The third-order valence-electron chi connectivity index (χ3n) is 1.77. The van der Waals surface area contributed by atoms with Gasteiger partial charge in [0.2, 0.25) is 0 Å². The summed E-state index contributed by atoms with van der Waals surface area (Å²) in [6, 6.07) is 9.14. The highest BCUT2D eigenvalue weighted by Gasteiger charge is 2.11. The fraction of sp³-hybridized carbons (Fsp3) is 0.0833. The average molecular weight is 204 g/mol. The molecule has 0 atom stereocenters. The molecule has 3 nitrogen and oxygen atoms in total. The maximum Gasteiger partial charge on any atom is 0.341 e. The van der Waals surface area contributed by atoms with Gasteiger partial charge in [0.1, 0.15) is 11.8 Å². The van der Waals surface area contributed by atoms with Crippen LogP contribution >= 0.6 is 0 Å². The fourth-order valence-electron chi connectivity index (χ4n) is 1.08. The van der Waals surface area contributed by atoms with Gasteiger partial charge in [-0.25, -0.2) is 4.79 Å². The third kappa shape index (κ3) is 2.98. The van der Waals surface area contributed by atoms with Crippen molar-refractivity contribution in [2.75, 3.05) is 7.11 Å². The number of esters is 1. The van der Waals surface area contributed by atoms with Crippen molar-refractivity contribution in [2.45, 2.75) is 0 Å². The van der Waals surface area contributed by atoms with E-state index < -0.39 is 5.97 Å². The second kappa shape index (κ2) is 5.65. The molecule has 0 amide bonds. The van der Waals surface area contributed by atoms with Crippen LogP contribution in [0, 0.1) is 0 Å². The van der Waals surface area contributed by atoms with Gasteiger partial charge in [-0.3, -0.25) is 0 Å². The van der Waals surface area contributed by atoms with Crippen LogP contribution < -0.4 is 0 Å². The second-order valence-electron chi connectivity index (χ2n) is 2.69. The Morgan fingerprint density at radius 1 is 1.33 bits per heavy atom. The number of carbonyl (C=O) groups is 1. The van der Waals surface area contributed by atoms with E-state index in [1.165, 1.54) is 19.6 Å². The van der Waals surface area contributed by atoms with Gasteiger partial charge in [-0.05, 0) is 5.56 Å². The van der Waals surface area contributed by atoms with Crippen LogP contribution in [0.4, 0.5) is 0 Å². The highest BCUT2D eigenvalue weighted by atomic mass is 16.5. The van der Waals surface area contributed by atoms with E-state index in [0.29, 0.717) is 5.57 Å². The van der Waals surface area contributed by atoms with E-state index in [0.717, 1.165) is 5.56 Å². The molecular weight excluding hydrogens is 192 g/mol. The van der Waals surface area contributed by atoms with Crippen molar-refractivity contribution in [1.82, 2.24) is 0 Å². The van der Waals surface area contributed by atoms with Gasteiger partial charge < -0.3 is 9.47 Å². The molecule has 0 spiro atoms. The van der Waals surface area contributed by atoms with Crippen LogP contribution in [0.1, 0.15) is 5.56 Å². The van der Waals surface area contributed by atoms with Gasteiger partial charge >= 0.3 is 5.97 Å². The Kier molecular flexibility index (Phi) is 4.16. The molecule has 0 saturated heterocycles. The van der Waals surface area contributed by atoms with E-state index >= 15 is 0 Å². The molecule has 0 saturated carbocycles. The van der Waals surface area contributed by atoms with Crippen molar-refractivity contribution in [3.05, 3.63) is 55.0 Å². The summed E-state index contributed by atoms with van der Waals surface area (Å²) in [5.41, 5.74) is 1.10. The minimum absolute atomic E-state index is 0.359. The molecule has 0 N–H and O–H groups in total. The molecule has 0 unspecified atom stereocenters. The first-order valence-electron chi connectivity index (χ1n) is 4.40. The molecule has 0 aliphatic rings. The standard InChI is InChI=1S/C12H12O3/c1-3-15-9-11(12(13)14-2)10-7-5-4-6-8-10/h3-9H,1H2,2H3. The lowest BCUT2D eigenvalue weighted by molar-refractivity contribution is -0.133. The summed E-state index contributed by atoms with van der Waals surface area (Å²) in [5.74, 6) is -0.442. The number of hydrogen-bond acceptors (Lipinski definition) is 3. The Labute approximate surface area is 88.6 Å². The van der Waals surface area contributed by atoms with E-state index in [9.17, 15) is 4.79 Å². The average Bonchev–Trinajstić information content (AvgIpc) is 2.30. The molecular formula is C12H12O3. The van der Waals surface area contributed by atoms with Crippen LogP contribution in [-0.2, 0) is 14.3 Å². The molecule has 3 heteroatoms. The van der Waals surface area contributed by atoms with Gasteiger partial charge in [-0.1, -0.05) is 36.9 Å². The maximum atomic E-state index is 11.4. The number of benzene rings is 1. The Bertz CT molecular complexity index is 366. The van der Waals surface area contributed by atoms with Crippen LogP contribution in [0.15, 0.2) is 49.4 Å². The molecule has 15 heavy (non-hydrogen) atoms. The van der Waals surface area contributed by atoms with Gasteiger partial charge in [0.15, 0.2) is 0 Å². The van der Waals surface area contributed by atoms with Gasteiger partial charge in [-0.15, -0.1) is 0 Å². The largest absolute Gasteiger partial charge is 0.472 e. The molecule has 0 aliphatic heterocycles. The van der Waals surface area contributed by atoms with Crippen molar-refractivity contribution in [1.29, 1.82) is 0 Å².